The number of hydrogen-bond donors (Lipinski definition) is 0. The van der Waals surface area contributed by atoms with Gasteiger partial charge in [-0.2, -0.15) is 0 Å². The molecule has 3 aromatic carbocycles. The summed E-state index contributed by atoms with van der Waals surface area (Å²) < 4.78 is 8.18. The predicted molar refractivity (Wildman–Crippen MR) is 146 cm³/mol. The van der Waals surface area contributed by atoms with Crippen molar-refractivity contribution in [3.8, 4) is 5.75 Å². The van der Waals surface area contributed by atoms with Gasteiger partial charge in [0.2, 0.25) is 0 Å². The van der Waals surface area contributed by atoms with Crippen molar-refractivity contribution >= 4 is 68.5 Å². The van der Waals surface area contributed by atoms with Gasteiger partial charge in [0.05, 0.1) is 17.2 Å². The SMILES string of the molecule is CCOc1ccc(N2C(=O)/C(=C\c3cn(Cc4ccccc4Cl)c4ccccc34)SC2=S)cc1. The third kappa shape index (κ3) is 4.37. The Bertz CT molecular complexity index is 1430. The quantitative estimate of drug-likeness (QED) is 0.206. The number of nitrogens with zero attached hydrogens (tertiary/aromatic N) is 2. The van der Waals surface area contributed by atoms with Gasteiger partial charge in [0.25, 0.3) is 5.91 Å². The Balaban J connectivity index is 1.48. The monoisotopic (exact) mass is 504 g/mol. The molecule has 0 radical (unpaired) electrons. The first-order valence-electron chi connectivity index (χ1n) is 10.9. The topological polar surface area (TPSA) is 34.5 Å². The first kappa shape index (κ1) is 22.7. The molecule has 0 spiro atoms. The zero-order valence-electron chi connectivity index (χ0n) is 18.4. The zero-order chi connectivity index (χ0) is 23.7. The molecule has 0 bridgehead atoms. The number of thiocarbonyl (C=S) groups is 1. The van der Waals surface area contributed by atoms with E-state index in [0.717, 1.165) is 38.5 Å². The maximum Gasteiger partial charge on any atom is 0.270 e. The van der Waals surface area contributed by atoms with E-state index < -0.39 is 0 Å². The van der Waals surface area contributed by atoms with Crippen LogP contribution in [0.25, 0.3) is 17.0 Å². The first-order valence-corrected chi connectivity index (χ1v) is 12.5. The van der Waals surface area contributed by atoms with E-state index in [9.17, 15) is 4.79 Å². The van der Waals surface area contributed by atoms with E-state index in [0.29, 0.717) is 22.4 Å². The van der Waals surface area contributed by atoms with Gasteiger partial charge in [0.1, 0.15) is 5.75 Å². The molecule has 1 saturated heterocycles. The van der Waals surface area contributed by atoms with Gasteiger partial charge in [0, 0.05) is 34.2 Å². The number of fused-ring (bicyclic) bond motifs is 1. The number of anilines is 1. The van der Waals surface area contributed by atoms with Crippen molar-refractivity contribution in [1.29, 1.82) is 0 Å². The minimum Gasteiger partial charge on any atom is -0.494 e. The molecule has 2 heterocycles. The fourth-order valence-corrected chi connectivity index (χ4v) is 5.51. The second kappa shape index (κ2) is 9.66. The molecule has 1 aliphatic heterocycles. The highest BCUT2D eigenvalue weighted by Crippen LogP contribution is 2.37. The predicted octanol–water partition coefficient (Wildman–Crippen LogP) is 7.15. The van der Waals surface area contributed by atoms with E-state index >= 15 is 0 Å². The van der Waals surface area contributed by atoms with Crippen LogP contribution in [0.4, 0.5) is 5.69 Å². The fourth-order valence-electron chi connectivity index (χ4n) is 4.02. The highest BCUT2D eigenvalue weighted by molar-refractivity contribution is 8.27. The van der Waals surface area contributed by atoms with Gasteiger partial charge in [-0.25, -0.2) is 0 Å². The first-order chi connectivity index (χ1) is 16.5. The van der Waals surface area contributed by atoms with Gasteiger partial charge in [0.15, 0.2) is 4.32 Å². The van der Waals surface area contributed by atoms with E-state index in [1.54, 1.807) is 4.90 Å². The van der Waals surface area contributed by atoms with Gasteiger partial charge in [-0.05, 0) is 55.0 Å². The second-order valence-electron chi connectivity index (χ2n) is 7.76. The number of benzene rings is 3. The van der Waals surface area contributed by atoms with Crippen LogP contribution < -0.4 is 9.64 Å². The van der Waals surface area contributed by atoms with Crippen molar-refractivity contribution in [3.63, 3.8) is 0 Å². The normalized spacial score (nSPS) is 15.0. The Kier molecular flexibility index (Phi) is 6.46. The summed E-state index contributed by atoms with van der Waals surface area (Å²) in [5, 5.41) is 1.80. The summed E-state index contributed by atoms with van der Waals surface area (Å²) in [4.78, 5) is 15.5. The fraction of sp³-hybridized carbons (Fsp3) is 0.111. The zero-order valence-corrected chi connectivity index (χ0v) is 20.8. The van der Waals surface area contributed by atoms with Gasteiger partial charge >= 0.3 is 0 Å². The van der Waals surface area contributed by atoms with Crippen molar-refractivity contribution < 1.29 is 9.53 Å². The minimum absolute atomic E-state index is 0.123. The number of carbonyl (C=O) groups is 1. The number of para-hydroxylation sites is 1. The standard InChI is InChI=1S/C27H21ClN2O2S2/c1-2-32-21-13-11-20(12-14-21)30-26(31)25(34-27(30)33)15-19-17-29(24-10-6-4-8-22(19)24)16-18-7-3-5-9-23(18)28/h3-15,17H,2,16H2,1H3/b25-15+. The smallest absolute Gasteiger partial charge is 0.270 e. The summed E-state index contributed by atoms with van der Waals surface area (Å²) in [5.41, 5.74) is 3.82. The lowest BCUT2D eigenvalue weighted by Gasteiger charge is -2.15. The second-order valence-corrected chi connectivity index (χ2v) is 9.85. The average molecular weight is 505 g/mol. The molecule has 0 saturated carbocycles. The average Bonchev–Trinajstić information content (AvgIpc) is 3.32. The summed E-state index contributed by atoms with van der Waals surface area (Å²) in [6.45, 7) is 3.17. The molecule has 1 aromatic heterocycles. The third-order valence-corrected chi connectivity index (χ3v) is 7.28. The molecule has 7 heteroatoms. The van der Waals surface area contributed by atoms with Crippen molar-refractivity contribution in [3.05, 3.63) is 100 Å². The van der Waals surface area contributed by atoms with E-state index in [1.165, 1.54) is 11.8 Å². The lowest BCUT2D eigenvalue weighted by Crippen LogP contribution is -2.27. The molecule has 5 rings (SSSR count). The molecule has 0 unspecified atom stereocenters. The molecular formula is C27H21ClN2O2S2. The molecule has 0 N–H and O–H groups in total. The number of aromatic nitrogens is 1. The Morgan fingerprint density at radius 3 is 2.53 bits per heavy atom. The van der Waals surface area contributed by atoms with Crippen LogP contribution in [0.2, 0.25) is 5.02 Å². The number of thioether (sulfide) groups is 1. The van der Waals surface area contributed by atoms with Crippen molar-refractivity contribution in [2.75, 3.05) is 11.5 Å². The van der Waals surface area contributed by atoms with Crippen molar-refractivity contribution in [2.24, 2.45) is 0 Å². The number of amides is 1. The van der Waals surface area contributed by atoms with Crippen LogP contribution in [0.1, 0.15) is 18.1 Å². The van der Waals surface area contributed by atoms with Gasteiger partial charge in [-0.15, -0.1) is 0 Å². The van der Waals surface area contributed by atoms with Gasteiger partial charge in [-0.3, -0.25) is 9.69 Å². The molecule has 1 aliphatic rings. The summed E-state index contributed by atoms with van der Waals surface area (Å²) in [6, 6.07) is 23.4. The number of ether oxygens (including phenoxy) is 1. The molecule has 170 valence electrons. The lowest BCUT2D eigenvalue weighted by molar-refractivity contribution is -0.113. The molecule has 1 amide bonds. The lowest BCUT2D eigenvalue weighted by atomic mass is 10.1. The van der Waals surface area contributed by atoms with Crippen LogP contribution in [0, 0.1) is 0 Å². The molecule has 34 heavy (non-hydrogen) atoms. The minimum atomic E-state index is -0.123. The number of rotatable bonds is 6. The van der Waals surface area contributed by atoms with E-state index in [4.69, 9.17) is 28.6 Å². The Morgan fingerprint density at radius 1 is 1.03 bits per heavy atom. The Labute approximate surface area is 212 Å². The number of halogens is 1. The van der Waals surface area contributed by atoms with Crippen LogP contribution in [-0.4, -0.2) is 21.4 Å². The highest BCUT2D eigenvalue weighted by atomic mass is 35.5. The summed E-state index contributed by atoms with van der Waals surface area (Å²) in [7, 11) is 0. The molecule has 4 nitrogen and oxygen atoms in total. The maximum atomic E-state index is 13.3. The van der Waals surface area contributed by atoms with E-state index in [2.05, 4.69) is 22.9 Å². The molecule has 0 aliphatic carbocycles. The molecule has 4 aromatic rings. The third-order valence-electron chi connectivity index (χ3n) is 5.60. The highest BCUT2D eigenvalue weighted by Gasteiger charge is 2.33. The van der Waals surface area contributed by atoms with E-state index in [1.807, 2.05) is 73.7 Å². The summed E-state index contributed by atoms with van der Waals surface area (Å²) >= 11 is 13.3. The maximum absolute atomic E-state index is 13.3. The molecule has 1 fully saturated rings. The number of carbonyl (C=O) groups excluding carboxylic acids is 1. The van der Waals surface area contributed by atoms with Crippen LogP contribution >= 0.6 is 35.6 Å². The van der Waals surface area contributed by atoms with Crippen LogP contribution in [-0.2, 0) is 11.3 Å². The Morgan fingerprint density at radius 2 is 1.76 bits per heavy atom. The van der Waals surface area contributed by atoms with Crippen LogP contribution in [0.3, 0.4) is 0 Å². The van der Waals surface area contributed by atoms with Crippen molar-refractivity contribution in [2.45, 2.75) is 13.5 Å². The molecule has 0 atom stereocenters. The van der Waals surface area contributed by atoms with Crippen LogP contribution in [0.5, 0.6) is 5.75 Å². The molecular weight excluding hydrogens is 484 g/mol. The summed E-state index contributed by atoms with van der Waals surface area (Å²) in [6.07, 6.45) is 4.00. The van der Waals surface area contributed by atoms with Crippen molar-refractivity contribution in [1.82, 2.24) is 4.57 Å². The number of hydrogen-bond acceptors (Lipinski definition) is 4. The largest absolute Gasteiger partial charge is 0.494 e. The van der Waals surface area contributed by atoms with Gasteiger partial charge in [-0.1, -0.05) is 72.0 Å². The van der Waals surface area contributed by atoms with E-state index in [-0.39, 0.29) is 5.91 Å². The summed E-state index contributed by atoms with van der Waals surface area (Å²) in [5.74, 6) is 0.639. The Hall–Kier alpha value is -3.06. The van der Waals surface area contributed by atoms with Crippen LogP contribution in [0.15, 0.2) is 83.9 Å². The van der Waals surface area contributed by atoms with Gasteiger partial charge < -0.3 is 9.30 Å².